The lowest BCUT2D eigenvalue weighted by Gasteiger charge is -2.29. The minimum Gasteiger partial charge on any atom is -0.360 e. The highest BCUT2D eigenvalue weighted by Crippen LogP contribution is 2.16. The van der Waals surface area contributed by atoms with Gasteiger partial charge in [0.2, 0.25) is 0 Å². The van der Waals surface area contributed by atoms with Crippen LogP contribution in [0, 0.1) is 11.3 Å². The molecule has 1 atom stereocenters. The number of pyridine rings is 1. The summed E-state index contributed by atoms with van der Waals surface area (Å²) in [5.41, 5.74) is 1.48. The number of ether oxygens (including phenoxy) is 1. The summed E-state index contributed by atoms with van der Waals surface area (Å²) in [4.78, 5) is 18.3. The van der Waals surface area contributed by atoms with Gasteiger partial charge in [0.15, 0.2) is 6.10 Å². The van der Waals surface area contributed by atoms with Crippen LogP contribution in [0.3, 0.4) is 0 Å². The van der Waals surface area contributed by atoms with Crippen molar-refractivity contribution in [2.24, 2.45) is 0 Å². The van der Waals surface area contributed by atoms with Gasteiger partial charge in [0.1, 0.15) is 0 Å². The molecule has 0 aliphatic carbocycles. The molecule has 1 aliphatic heterocycles. The van der Waals surface area contributed by atoms with E-state index in [2.05, 4.69) is 4.98 Å². The van der Waals surface area contributed by atoms with Gasteiger partial charge in [-0.2, -0.15) is 5.26 Å². The van der Waals surface area contributed by atoms with E-state index >= 15 is 0 Å². The Hall–Kier alpha value is -2.45. The monoisotopic (exact) mass is 267 g/mol. The molecule has 0 spiro atoms. The highest BCUT2D eigenvalue weighted by atomic mass is 16.5. The van der Waals surface area contributed by atoms with Crippen molar-refractivity contribution < 1.29 is 9.53 Å². The second-order valence-corrected chi connectivity index (χ2v) is 4.65. The number of aromatic nitrogens is 1. The minimum atomic E-state index is -0.533. The lowest BCUT2D eigenvalue weighted by Crippen LogP contribution is -2.45. The Labute approximate surface area is 116 Å². The number of nitriles is 1. The highest BCUT2D eigenvalue weighted by Gasteiger charge is 2.24. The van der Waals surface area contributed by atoms with Gasteiger partial charge in [-0.05, 0) is 24.3 Å². The molecular formula is C15H13N3O2. The maximum absolute atomic E-state index is 12.4. The molecule has 1 unspecified atom stereocenters. The Morgan fingerprint density at radius 3 is 3.20 bits per heavy atom. The molecule has 3 rings (SSSR count). The molecule has 5 heteroatoms. The Morgan fingerprint density at radius 1 is 1.45 bits per heavy atom. The molecule has 0 saturated carbocycles. The fourth-order valence-electron chi connectivity index (χ4n) is 2.30. The van der Waals surface area contributed by atoms with Crippen LogP contribution in [-0.2, 0) is 4.74 Å². The molecule has 100 valence electrons. The molecule has 0 bridgehead atoms. The summed E-state index contributed by atoms with van der Waals surface area (Å²) in [5, 5.41) is 9.82. The van der Waals surface area contributed by atoms with E-state index in [-0.39, 0.29) is 5.91 Å². The zero-order valence-electron chi connectivity index (χ0n) is 10.8. The first-order valence-electron chi connectivity index (χ1n) is 6.43. The summed E-state index contributed by atoms with van der Waals surface area (Å²) in [5.74, 6) is -0.0701. The van der Waals surface area contributed by atoms with E-state index < -0.39 is 6.10 Å². The topological polar surface area (TPSA) is 66.2 Å². The molecular weight excluding hydrogens is 254 g/mol. The number of fused-ring (bicyclic) bond motifs is 1. The number of carbonyl (C=O) groups excluding carboxylic acids is 1. The second kappa shape index (κ2) is 5.27. The van der Waals surface area contributed by atoms with E-state index in [1.54, 1.807) is 17.2 Å². The predicted molar refractivity (Wildman–Crippen MR) is 73.0 cm³/mol. The first-order chi connectivity index (χ1) is 9.78. The standard InChI is InChI=1S/C15H13N3O2/c16-9-13-10-18(6-7-20-13)15(19)12-3-4-14-11(8-12)2-1-5-17-14/h1-5,8,13H,6-7,10H2. The summed E-state index contributed by atoms with van der Waals surface area (Å²) in [6.45, 7) is 1.24. The minimum absolute atomic E-state index is 0.0701. The number of amides is 1. The van der Waals surface area contributed by atoms with E-state index in [1.807, 2.05) is 30.3 Å². The summed E-state index contributed by atoms with van der Waals surface area (Å²) >= 11 is 0. The average Bonchev–Trinajstić information content (AvgIpc) is 2.53. The van der Waals surface area contributed by atoms with Crippen LogP contribution in [0.15, 0.2) is 36.5 Å². The molecule has 0 N–H and O–H groups in total. The van der Waals surface area contributed by atoms with Crippen LogP contribution in [-0.4, -0.2) is 41.6 Å². The van der Waals surface area contributed by atoms with Gasteiger partial charge in [-0.3, -0.25) is 9.78 Å². The fraction of sp³-hybridized carbons (Fsp3) is 0.267. The molecule has 1 aromatic carbocycles. The SMILES string of the molecule is N#CC1CN(C(=O)c2ccc3ncccc3c2)CCO1. The van der Waals surface area contributed by atoms with Gasteiger partial charge in [0, 0.05) is 23.7 Å². The number of hydrogen-bond donors (Lipinski definition) is 0. The van der Waals surface area contributed by atoms with Crippen LogP contribution in [0.4, 0.5) is 0 Å². The number of morpholine rings is 1. The van der Waals surface area contributed by atoms with Crippen LogP contribution in [0.25, 0.3) is 10.9 Å². The van der Waals surface area contributed by atoms with Crippen LogP contribution < -0.4 is 0 Å². The molecule has 2 heterocycles. The lowest BCUT2D eigenvalue weighted by molar-refractivity contribution is 0.00347. The predicted octanol–water partition coefficient (Wildman–Crippen LogP) is 1.60. The molecule has 5 nitrogen and oxygen atoms in total. The van der Waals surface area contributed by atoms with Gasteiger partial charge < -0.3 is 9.64 Å². The highest BCUT2D eigenvalue weighted by molar-refractivity contribution is 5.98. The van der Waals surface area contributed by atoms with Gasteiger partial charge in [-0.1, -0.05) is 6.07 Å². The molecule has 1 saturated heterocycles. The number of carbonyl (C=O) groups is 1. The van der Waals surface area contributed by atoms with E-state index in [0.717, 1.165) is 10.9 Å². The average molecular weight is 267 g/mol. The summed E-state index contributed by atoms with van der Waals surface area (Å²) in [7, 11) is 0. The number of hydrogen-bond acceptors (Lipinski definition) is 4. The molecule has 1 aliphatic rings. The van der Waals surface area contributed by atoms with Crippen molar-refractivity contribution in [2.75, 3.05) is 19.7 Å². The number of nitrogens with zero attached hydrogens (tertiary/aromatic N) is 3. The van der Waals surface area contributed by atoms with E-state index in [1.165, 1.54) is 0 Å². The Morgan fingerprint density at radius 2 is 2.35 bits per heavy atom. The van der Waals surface area contributed by atoms with Gasteiger partial charge in [0.25, 0.3) is 5.91 Å². The maximum atomic E-state index is 12.4. The number of rotatable bonds is 1. The van der Waals surface area contributed by atoms with Crippen molar-refractivity contribution in [3.63, 3.8) is 0 Å². The molecule has 1 aromatic heterocycles. The first kappa shape index (κ1) is 12.6. The van der Waals surface area contributed by atoms with E-state index in [0.29, 0.717) is 25.3 Å². The smallest absolute Gasteiger partial charge is 0.254 e. The Balaban J connectivity index is 1.86. The Kier molecular flexibility index (Phi) is 3.32. The summed E-state index contributed by atoms with van der Waals surface area (Å²) < 4.78 is 5.25. The van der Waals surface area contributed by atoms with Crippen molar-refractivity contribution in [3.8, 4) is 6.07 Å². The number of benzene rings is 1. The maximum Gasteiger partial charge on any atom is 0.254 e. The Bertz CT molecular complexity index is 693. The summed E-state index contributed by atoms with van der Waals surface area (Å²) in [6, 6.07) is 11.3. The lowest BCUT2D eigenvalue weighted by atomic mass is 10.1. The van der Waals surface area contributed by atoms with Crippen LogP contribution in [0.1, 0.15) is 10.4 Å². The molecule has 1 fully saturated rings. The fourth-order valence-corrected chi connectivity index (χ4v) is 2.30. The van der Waals surface area contributed by atoms with Crippen molar-refractivity contribution in [1.29, 1.82) is 5.26 Å². The van der Waals surface area contributed by atoms with Gasteiger partial charge in [0.05, 0.1) is 24.7 Å². The zero-order valence-corrected chi connectivity index (χ0v) is 10.8. The van der Waals surface area contributed by atoms with E-state index in [4.69, 9.17) is 10.00 Å². The van der Waals surface area contributed by atoms with Gasteiger partial charge in [-0.15, -0.1) is 0 Å². The zero-order chi connectivity index (χ0) is 13.9. The first-order valence-corrected chi connectivity index (χ1v) is 6.43. The van der Waals surface area contributed by atoms with Crippen molar-refractivity contribution >= 4 is 16.8 Å². The normalized spacial score (nSPS) is 18.8. The molecule has 1 amide bonds. The van der Waals surface area contributed by atoms with Crippen molar-refractivity contribution in [3.05, 3.63) is 42.1 Å². The van der Waals surface area contributed by atoms with Crippen LogP contribution >= 0.6 is 0 Å². The van der Waals surface area contributed by atoms with E-state index in [9.17, 15) is 4.79 Å². The third-order valence-corrected chi connectivity index (χ3v) is 3.35. The summed E-state index contributed by atoms with van der Waals surface area (Å²) in [6.07, 6.45) is 1.19. The molecule has 20 heavy (non-hydrogen) atoms. The largest absolute Gasteiger partial charge is 0.360 e. The second-order valence-electron chi connectivity index (χ2n) is 4.65. The quantitative estimate of drug-likeness (QED) is 0.787. The third-order valence-electron chi connectivity index (χ3n) is 3.35. The van der Waals surface area contributed by atoms with Gasteiger partial charge in [-0.25, -0.2) is 0 Å². The third kappa shape index (κ3) is 2.33. The molecule has 2 aromatic rings. The van der Waals surface area contributed by atoms with Gasteiger partial charge >= 0.3 is 0 Å². The van der Waals surface area contributed by atoms with Crippen molar-refractivity contribution in [1.82, 2.24) is 9.88 Å². The van der Waals surface area contributed by atoms with Crippen LogP contribution in [0.5, 0.6) is 0 Å². The van der Waals surface area contributed by atoms with Crippen LogP contribution in [0.2, 0.25) is 0 Å². The molecule has 0 radical (unpaired) electrons. The van der Waals surface area contributed by atoms with Crippen molar-refractivity contribution in [2.45, 2.75) is 6.10 Å².